The second-order valence-corrected chi connectivity index (χ2v) is 27.2. The fourth-order valence-corrected chi connectivity index (χ4v) is 12.9. The van der Waals surface area contributed by atoms with Crippen LogP contribution in [0, 0.1) is 41.4 Å². The molecule has 0 bridgehead atoms. The van der Waals surface area contributed by atoms with E-state index < -0.39 is 179 Å². The third-order valence-corrected chi connectivity index (χ3v) is 19.5. The normalized spacial score (nSPS) is 28.6. The largest absolute Gasteiger partial charge is 0.480 e. The lowest BCUT2D eigenvalue weighted by Gasteiger charge is -2.34. The molecule has 11 amide bonds. The van der Waals surface area contributed by atoms with Gasteiger partial charge in [-0.2, -0.15) is 0 Å². The summed E-state index contributed by atoms with van der Waals surface area (Å²) in [6.45, 7) is 25.3. The Hall–Kier alpha value is -6.86. The summed E-state index contributed by atoms with van der Waals surface area (Å²) < 4.78 is 0. The van der Waals surface area contributed by atoms with Crippen molar-refractivity contribution in [1.82, 2.24) is 62.1 Å². The zero-order chi connectivity index (χ0) is 67.9. The lowest BCUT2D eigenvalue weighted by atomic mass is 9.94. The molecule has 0 unspecified atom stereocenters. The smallest absolute Gasteiger partial charge is 0.326 e. The van der Waals surface area contributed by atoms with Crippen molar-refractivity contribution < 1.29 is 67.7 Å². The van der Waals surface area contributed by atoms with E-state index in [1.165, 1.54) is 19.6 Å². The minimum Gasteiger partial charge on any atom is -0.480 e. The van der Waals surface area contributed by atoms with Crippen LogP contribution < -0.4 is 42.5 Å². The van der Waals surface area contributed by atoms with Gasteiger partial charge in [-0.05, 0) is 92.8 Å². The molecule has 0 spiro atoms. The maximum atomic E-state index is 15.3. The first-order valence-electron chi connectivity index (χ1n) is 33.7. The van der Waals surface area contributed by atoms with Crippen LogP contribution in [0.2, 0.25) is 0 Å². The topological polar surface area (TPSA) is 354 Å². The zero-order valence-electron chi connectivity index (χ0n) is 56.4. The van der Waals surface area contributed by atoms with Gasteiger partial charge in [0.2, 0.25) is 59.1 Å². The molecule has 0 radical (unpaired) electrons. The predicted octanol–water partition coefficient (Wildman–Crippen LogP) is 2.17. The number of aliphatic hydroxyl groups excluding tert-OH is 1. The molecule has 0 aliphatic carbocycles. The number of carboxylic acids is 1. The first-order valence-corrected chi connectivity index (χ1v) is 33.7. The Kier molecular flexibility index (Phi) is 28.1. The van der Waals surface area contributed by atoms with E-state index in [4.69, 9.17) is 0 Å². The minimum atomic E-state index is -1.33. The van der Waals surface area contributed by atoms with Gasteiger partial charge in [-0.25, -0.2) is 4.79 Å². The molecule has 0 saturated carbocycles. The van der Waals surface area contributed by atoms with E-state index in [-0.39, 0.29) is 76.5 Å². The Labute approximate surface area is 537 Å². The van der Waals surface area contributed by atoms with Crippen molar-refractivity contribution in [2.75, 3.05) is 26.2 Å². The Morgan fingerprint density at radius 3 is 1.59 bits per heavy atom. The molecule has 26 heteroatoms. The van der Waals surface area contributed by atoms with Crippen LogP contribution in [0.4, 0.5) is 0 Å². The van der Waals surface area contributed by atoms with Crippen molar-refractivity contribution in [3.8, 4) is 0 Å². The molecular weight excluding hydrogens is 1170 g/mol. The van der Waals surface area contributed by atoms with Crippen LogP contribution in [0.5, 0.6) is 0 Å². The highest BCUT2D eigenvalue weighted by Gasteiger charge is 2.48. The first-order chi connectivity index (χ1) is 42.9. The number of nitrogens with zero attached hydrogens (tertiary/aromatic N) is 4. The summed E-state index contributed by atoms with van der Waals surface area (Å²) in [5, 5.41) is 44.0. The molecule has 5 aliphatic heterocycles. The summed E-state index contributed by atoms with van der Waals surface area (Å²) in [5.41, 5.74) is -0.443. The quantitative estimate of drug-likeness (QED) is 0.0835. The number of hydrogen-bond acceptors (Lipinski definition) is 14. The van der Waals surface area contributed by atoms with Crippen LogP contribution >= 0.6 is 0 Å². The summed E-state index contributed by atoms with van der Waals surface area (Å²) in [7, 11) is 0. The van der Waals surface area contributed by atoms with Crippen LogP contribution in [0.1, 0.15) is 187 Å². The third kappa shape index (κ3) is 18.9. The summed E-state index contributed by atoms with van der Waals surface area (Å²) >= 11 is 0. The van der Waals surface area contributed by atoms with Crippen molar-refractivity contribution in [1.29, 1.82) is 0 Å². The highest BCUT2D eigenvalue weighted by atomic mass is 16.4. The van der Waals surface area contributed by atoms with Crippen LogP contribution in [-0.2, 0) is 57.5 Å². The number of carboxylic acid groups (broad SMARTS) is 1. The molecule has 0 aromatic rings. The van der Waals surface area contributed by atoms with Crippen LogP contribution in [0.25, 0.3) is 0 Å². The molecule has 5 aliphatic rings. The average Bonchev–Trinajstić information content (AvgIpc) is 1.76. The standard InChI is InChI=1S/C65H108N12O14/c1-15-36(10)49-58(83)68-43(30-35(8)9)61(86)76-28-22-25-47(76)63(88)75-27-21-23-45(75)55(80)67-42(29-34(6)7)54(79)69-44(62(87)74-26-20-24-46(74)56(81)70-51(38(12)17-3)60(85)73-53(65(90)91)40(14)19-5)32-66-52(39(13)18-4)64(89)77-33-41(78)31-48(77)57(82)71-50(37(11)16-2)59(84)72-49/h32,34-43,45-53,66,78H,15-31,33H2,1-14H3,(H,67,80)(H,68,83)(H,69,79)(H,70,81)(H,71,82)(H,72,84)(H,73,85)(H,90,91)/t36-,37+,38+,39-,40+,41-,42+,43+,45+,46+,47+,48+,49+,50+,51+,52+,53+/m1/s1. The monoisotopic (exact) mass is 1280 g/mol. The number of carbonyl (C=O) groups excluding carboxylic acids is 11. The fourth-order valence-electron chi connectivity index (χ4n) is 12.9. The van der Waals surface area contributed by atoms with Crippen molar-refractivity contribution >= 4 is 70.9 Å². The zero-order valence-corrected chi connectivity index (χ0v) is 56.4. The highest BCUT2D eigenvalue weighted by Crippen LogP contribution is 2.29. The maximum absolute atomic E-state index is 15.3. The summed E-state index contributed by atoms with van der Waals surface area (Å²) in [5.74, 6) is -11.6. The van der Waals surface area contributed by atoms with Gasteiger partial charge in [-0.1, -0.05) is 129 Å². The van der Waals surface area contributed by atoms with Gasteiger partial charge < -0.3 is 72.3 Å². The second-order valence-electron chi connectivity index (χ2n) is 27.2. The van der Waals surface area contributed by atoms with E-state index in [1.54, 1.807) is 41.5 Å². The highest BCUT2D eigenvalue weighted by molar-refractivity contribution is 6.03. The van der Waals surface area contributed by atoms with Crippen LogP contribution in [0.3, 0.4) is 0 Å². The van der Waals surface area contributed by atoms with E-state index in [0.717, 1.165) is 6.20 Å². The Morgan fingerprint density at radius 2 is 1.03 bits per heavy atom. The molecule has 17 atom stereocenters. The van der Waals surface area contributed by atoms with Gasteiger partial charge in [0, 0.05) is 38.8 Å². The lowest BCUT2D eigenvalue weighted by molar-refractivity contribution is -0.148. The van der Waals surface area contributed by atoms with Gasteiger partial charge >= 0.3 is 5.97 Å². The van der Waals surface area contributed by atoms with E-state index in [2.05, 4.69) is 42.5 Å². The molecule has 0 aromatic heterocycles. The number of amides is 11. The predicted molar refractivity (Wildman–Crippen MR) is 339 cm³/mol. The molecule has 5 rings (SSSR count). The van der Waals surface area contributed by atoms with Gasteiger partial charge in [0.25, 0.3) is 5.91 Å². The van der Waals surface area contributed by atoms with Gasteiger partial charge in [0.05, 0.1) is 6.10 Å². The fraction of sp³-hybridized carbons (Fsp3) is 0.785. The van der Waals surface area contributed by atoms with Crippen LogP contribution in [0.15, 0.2) is 11.9 Å². The Morgan fingerprint density at radius 1 is 0.538 bits per heavy atom. The van der Waals surface area contributed by atoms with E-state index in [1.807, 2.05) is 55.4 Å². The molecule has 91 heavy (non-hydrogen) atoms. The summed E-state index contributed by atoms with van der Waals surface area (Å²) in [6, 6.07) is -13.2. The number of fused-ring (bicyclic) bond motifs is 3. The number of carbonyl (C=O) groups is 12. The van der Waals surface area contributed by atoms with Gasteiger partial charge in [-0.15, -0.1) is 0 Å². The summed E-state index contributed by atoms with van der Waals surface area (Å²) in [4.78, 5) is 180. The minimum absolute atomic E-state index is 0.00349. The SMILES string of the molecule is CC[C@@H](C)[C@@H]1NC(=O)[C@H]([C@@H](C)CC)NC(=O)[C@@H]2C[C@@H](O)CN2C(=O)[C@H]([C@H](C)CC)NC=C(C(=O)N2CCC[C@H]2C(=O)N[C@H](C(=O)N[C@H](C(=O)O)[C@@H](C)CC)[C@@H](C)CC)NC(=O)[C@H](CC(C)C)NC(=O)[C@@H]2CCCN2C(=O)[C@@H]2CCCN2C(=O)[C@H](CC(C)C)NC1=O. The number of nitrogens with one attached hydrogen (secondary N) is 8. The average molecular weight is 1280 g/mol. The van der Waals surface area contributed by atoms with Crippen molar-refractivity contribution in [3.05, 3.63) is 11.9 Å². The van der Waals surface area contributed by atoms with Gasteiger partial charge in [0.1, 0.15) is 72.2 Å². The molecule has 10 N–H and O–H groups in total. The number of aliphatic hydroxyl groups is 1. The van der Waals surface area contributed by atoms with Gasteiger partial charge in [0.15, 0.2) is 0 Å². The molecule has 5 heterocycles. The lowest BCUT2D eigenvalue weighted by Crippen LogP contribution is -2.61. The van der Waals surface area contributed by atoms with Crippen LogP contribution in [-0.4, -0.2) is 200 Å². The van der Waals surface area contributed by atoms with E-state index in [9.17, 15) is 53.4 Å². The van der Waals surface area contributed by atoms with Crippen molar-refractivity contribution in [2.45, 2.75) is 259 Å². The third-order valence-electron chi connectivity index (χ3n) is 19.5. The molecule has 4 fully saturated rings. The van der Waals surface area contributed by atoms with E-state index >= 15 is 14.4 Å². The van der Waals surface area contributed by atoms with Crippen molar-refractivity contribution in [2.24, 2.45) is 41.4 Å². The molecule has 512 valence electrons. The number of likely N-dealkylation sites (tertiary alicyclic amines) is 1. The van der Waals surface area contributed by atoms with Crippen molar-refractivity contribution in [3.63, 3.8) is 0 Å². The van der Waals surface area contributed by atoms with E-state index in [0.29, 0.717) is 51.4 Å². The number of aliphatic carboxylic acids is 1. The Bertz CT molecular complexity index is 2650. The first kappa shape index (κ1) is 74.9. The second kappa shape index (κ2) is 34.2. The molecular formula is C65H108N12O14. The molecule has 4 saturated heterocycles. The number of hydrogen-bond donors (Lipinski definition) is 10. The maximum Gasteiger partial charge on any atom is 0.326 e. The summed E-state index contributed by atoms with van der Waals surface area (Å²) in [6.07, 6.45) is 3.85. The van der Waals surface area contributed by atoms with Gasteiger partial charge in [-0.3, -0.25) is 52.7 Å². The molecule has 26 nitrogen and oxygen atoms in total. The molecule has 0 aromatic carbocycles. The number of rotatable bonds is 20. The Balaban J connectivity index is 1.64.